The van der Waals surface area contributed by atoms with Crippen molar-refractivity contribution in [1.29, 1.82) is 0 Å². The molecule has 0 saturated carbocycles. The third-order valence-corrected chi connectivity index (χ3v) is 4.12. The predicted molar refractivity (Wildman–Crippen MR) is 102 cm³/mol. The van der Waals surface area contributed by atoms with Crippen molar-refractivity contribution >= 4 is 17.7 Å². The monoisotopic (exact) mass is 361 g/mol. The van der Waals surface area contributed by atoms with Crippen molar-refractivity contribution in [2.24, 2.45) is 5.73 Å². The van der Waals surface area contributed by atoms with Gasteiger partial charge in [0.1, 0.15) is 6.04 Å². The summed E-state index contributed by atoms with van der Waals surface area (Å²) in [6.07, 6.45) is 6.03. The highest BCUT2D eigenvalue weighted by molar-refractivity contribution is 5.91. The van der Waals surface area contributed by atoms with Crippen molar-refractivity contribution in [3.8, 4) is 0 Å². The van der Waals surface area contributed by atoms with E-state index in [0.29, 0.717) is 19.4 Å². The topological polar surface area (TPSA) is 101 Å². The lowest BCUT2D eigenvalue weighted by Gasteiger charge is -2.17. The first-order valence-electron chi connectivity index (χ1n) is 9.42. The third-order valence-electron chi connectivity index (χ3n) is 4.12. The lowest BCUT2D eigenvalue weighted by Crippen LogP contribution is -2.48. The Labute approximate surface area is 155 Å². The summed E-state index contributed by atoms with van der Waals surface area (Å²) in [4.78, 5) is 35.5. The minimum absolute atomic E-state index is 0.196. The van der Waals surface area contributed by atoms with Crippen LogP contribution in [-0.4, -0.2) is 30.3 Å². The average Bonchev–Trinajstić information content (AvgIpc) is 2.61. The quantitative estimate of drug-likeness (QED) is 0.469. The zero-order valence-corrected chi connectivity index (χ0v) is 15.6. The van der Waals surface area contributed by atoms with Gasteiger partial charge in [0.2, 0.25) is 17.7 Å². The van der Waals surface area contributed by atoms with Gasteiger partial charge in [-0.3, -0.25) is 14.4 Å². The van der Waals surface area contributed by atoms with Gasteiger partial charge in [0.25, 0.3) is 0 Å². The van der Waals surface area contributed by atoms with E-state index >= 15 is 0 Å². The van der Waals surface area contributed by atoms with Gasteiger partial charge >= 0.3 is 0 Å². The molecule has 3 amide bonds. The number of hydrogen-bond acceptors (Lipinski definition) is 3. The Morgan fingerprint density at radius 2 is 1.73 bits per heavy atom. The van der Waals surface area contributed by atoms with Crippen LogP contribution in [0.2, 0.25) is 0 Å². The van der Waals surface area contributed by atoms with Gasteiger partial charge in [-0.2, -0.15) is 0 Å². The van der Waals surface area contributed by atoms with Gasteiger partial charge in [0, 0.05) is 13.0 Å². The van der Waals surface area contributed by atoms with E-state index in [9.17, 15) is 14.4 Å². The number of unbranched alkanes of at least 4 members (excludes halogenated alkanes) is 4. The molecule has 1 aromatic carbocycles. The highest BCUT2D eigenvalue weighted by Gasteiger charge is 2.22. The predicted octanol–water partition coefficient (Wildman–Crippen LogP) is 2.07. The van der Waals surface area contributed by atoms with Crippen molar-refractivity contribution in [2.45, 2.75) is 64.3 Å². The molecule has 0 heterocycles. The van der Waals surface area contributed by atoms with Gasteiger partial charge in [-0.05, 0) is 18.4 Å². The van der Waals surface area contributed by atoms with Crippen LogP contribution in [0, 0.1) is 0 Å². The highest BCUT2D eigenvalue weighted by Crippen LogP contribution is 2.05. The molecular formula is C20H31N3O3. The van der Waals surface area contributed by atoms with E-state index in [1.807, 2.05) is 30.3 Å². The Morgan fingerprint density at radius 1 is 1.04 bits per heavy atom. The maximum absolute atomic E-state index is 12.3. The number of nitrogens with two attached hydrogens (primary N) is 1. The standard InChI is InChI=1S/C20H31N3O3/c1-2-3-4-5-9-12-19(25)23-17(15-18(21)24)20(26)22-14-13-16-10-7-6-8-11-16/h6-8,10-11,17H,2-5,9,12-15H2,1H3,(H2,21,24)(H,22,26)(H,23,25)/t17-/m0/s1. The molecule has 4 N–H and O–H groups in total. The molecule has 0 aliphatic heterocycles. The van der Waals surface area contributed by atoms with Crippen molar-refractivity contribution < 1.29 is 14.4 Å². The zero-order valence-electron chi connectivity index (χ0n) is 15.6. The molecule has 26 heavy (non-hydrogen) atoms. The van der Waals surface area contributed by atoms with Crippen LogP contribution in [0.1, 0.15) is 57.4 Å². The molecule has 0 radical (unpaired) electrons. The Balaban J connectivity index is 2.39. The van der Waals surface area contributed by atoms with Crippen LogP contribution in [0.4, 0.5) is 0 Å². The molecule has 0 unspecified atom stereocenters. The number of carbonyl (C=O) groups is 3. The summed E-state index contributed by atoms with van der Waals surface area (Å²) in [7, 11) is 0. The van der Waals surface area contributed by atoms with Crippen LogP contribution in [-0.2, 0) is 20.8 Å². The SMILES string of the molecule is CCCCCCCC(=O)N[C@@H](CC(N)=O)C(=O)NCCc1ccccc1. The summed E-state index contributed by atoms with van der Waals surface area (Å²) in [6, 6.07) is 8.86. The smallest absolute Gasteiger partial charge is 0.243 e. The van der Waals surface area contributed by atoms with Crippen LogP contribution in [0.3, 0.4) is 0 Å². The normalized spacial score (nSPS) is 11.6. The highest BCUT2D eigenvalue weighted by atomic mass is 16.2. The van der Waals surface area contributed by atoms with Gasteiger partial charge in [-0.15, -0.1) is 0 Å². The number of carbonyl (C=O) groups excluding carboxylic acids is 3. The fourth-order valence-electron chi connectivity index (χ4n) is 2.66. The summed E-state index contributed by atoms with van der Waals surface area (Å²) in [5.74, 6) is -1.21. The molecule has 0 aliphatic rings. The average molecular weight is 361 g/mol. The van der Waals surface area contributed by atoms with Crippen LogP contribution in [0.25, 0.3) is 0 Å². The second-order valence-electron chi connectivity index (χ2n) is 6.48. The molecule has 0 aromatic heterocycles. The van der Waals surface area contributed by atoms with Crippen LogP contribution < -0.4 is 16.4 Å². The van der Waals surface area contributed by atoms with E-state index in [1.54, 1.807) is 0 Å². The second kappa shape index (κ2) is 12.9. The fourth-order valence-corrected chi connectivity index (χ4v) is 2.66. The van der Waals surface area contributed by atoms with E-state index in [4.69, 9.17) is 5.73 Å². The maximum atomic E-state index is 12.3. The minimum atomic E-state index is -0.911. The van der Waals surface area contributed by atoms with Crippen molar-refractivity contribution in [3.63, 3.8) is 0 Å². The first-order valence-corrected chi connectivity index (χ1v) is 9.42. The summed E-state index contributed by atoms with van der Waals surface area (Å²) in [6.45, 7) is 2.57. The molecule has 1 atom stereocenters. The van der Waals surface area contributed by atoms with Crippen molar-refractivity contribution in [2.75, 3.05) is 6.54 Å². The molecule has 0 bridgehead atoms. The van der Waals surface area contributed by atoms with Crippen molar-refractivity contribution in [1.82, 2.24) is 10.6 Å². The Morgan fingerprint density at radius 3 is 2.38 bits per heavy atom. The maximum Gasteiger partial charge on any atom is 0.243 e. The largest absolute Gasteiger partial charge is 0.370 e. The molecule has 0 spiro atoms. The summed E-state index contributed by atoms with van der Waals surface area (Å²) < 4.78 is 0. The number of amides is 3. The number of primary amides is 1. The first kappa shape index (κ1) is 21.7. The molecule has 144 valence electrons. The van der Waals surface area contributed by atoms with Gasteiger partial charge in [-0.25, -0.2) is 0 Å². The zero-order chi connectivity index (χ0) is 19.2. The molecule has 1 rings (SSSR count). The summed E-state index contributed by atoms with van der Waals surface area (Å²) in [5, 5.41) is 5.40. The molecule has 0 aliphatic carbocycles. The molecule has 1 aromatic rings. The lowest BCUT2D eigenvalue weighted by molar-refractivity contribution is -0.131. The van der Waals surface area contributed by atoms with E-state index in [-0.39, 0.29) is 18.2 Å². The number of hydrogen-bond donors (Lipinski definition) is 3. The Kier molecular flexibility index (Phi) is 10.8. The Bertz CT molecular complexity index is 561. The molecule has 0 fully saturated rings. The van der Waals surface area contributed by atoms with Crippen LogP contribution in [0.5, 0.6) is 0 Å². The number of benzene rings is 1. The summed E-state index contributed by atoms with van der Waals surface area (Å²) >= 11 is 0. The molecular weight excluding hydrogens is 330 g/mol. The van der Waals surface area contributed by atoms with Gasteiger partial charge in [0.15, 0.2) is 0 Å². The van der Waals surface area contributed by atoms with E-state index < -0.39 is 11.9 Å². The minimum Gasteiger partial charge on any atom is -0.370 e. The van der Waals surface area contributed by atoms with Gasteiger partial charge < -0.3 is 16.4 Å². The molecule has 6 nitrogen and oxygen atoms in total. The first-order chi connectivity index (χ1) is 12.5. The molecule has 6 heteroatoms. The molecule has 0 saturated heterocycles. The van der Waals surface area contributed by atoms with Crippen LogP contribution >= 0.6 is 0 Å². The van der Waals surface area contributed by atoms with Crippen molar-refractivity contribution in [3.05, 3.63) is 35.9 Å². The fraction of sp³-hybridized carbons (Fsp3) is 0.550. The van der Waals surface area contributed by atoms with E-state index in [2.05, 4.69) is 17.6 Å². The number of nitrogens with one attached hydrogen (secondary N) is 2. The summed E-state index contributed by atoms with van der Waals surface area (Å²) in [5.41, 5.74) is 6.32. The second-order valence-corrected chi connectivity index (χ2v) is 6.48. The van der Waals surface area contributed by atoms with Crippen LogP contribution in [0.15, 0.2) is 30.3 Å². The van der Waals surface area contributed by atoms with E-state index in [1.165, 1.54) is 0 Å². The van der Waals surface area contributed by atoms with Gasteiger partial charge in [-0.1, -0.05) is 62.9 Å². The Hall–Kier alpha value is -2.37. The number of rotatable bonds is 13. The lowest BCUT2D eigenvalue weighted by atomic mass is 10.1. The third kappa shape index (κ3) is 9.81. The van der Waals surface area contributed by atoms with Gasteiger partial charge in [0.05, 0.1) is 6.42 Å². The van der Waals surface area contributed by atoms with E-state index in [0.717, 1.165) is 37.7 Å².